The van der Waals surface area contributed by atoms with E-state index in [2.05, 4.69) is 65.6 Å². The zero-order valence-corrected chi connectivity index (χ0v) is 15.1. The molecule has 2 aliphatic rings. The van der Waals surface area contributed by atoms with Gasteiger partial charge in [-0.3, -0.25) is 4.90 Å². The number of nitrogens with one attached hydrogen (secondary N) is 1. The first-order valence-electron chi connectivity index (χ1n) is 8.46. The second kappa shape index (κ2) is 4.71. The van der Waals surface area contributed by atoms with Gasteiger partial charge in [-0.05, 0) is 87.5 Å². The molecule has 20 heavy (non-hydrogen) atoms. The number of piperidine rings is 2. The first-order chi connectivity index (χ1) is 8.88. The van der Waals surface area contributed by atoms with E-state index in [9.17, 15) is 0 Å². The molecule has 1 N–H and O–H groups in total. The van der Waals surface area contributed by atoms with Gasteiger partial charge in [0, 0.05) is 28.2 Å². The van der Waals surface area contributed by atoms with Gasteiger partial charge in [0.2, 0.25) is 0 Å². The molecule has 118 valence electrons. The molecule has 2 nitrogen and oxygen atoms in total. The van der Waals surface area contributed by atoms with Gasteiger partial charge in [-0.25, -0.2) is 0 Å². The Morgan fingerprint density at radius 3 is 1.75 bits per heavy atom. The van der Waals surface area contributed by atoms with E-state index >= 15 is 0 Å². The van der Waals surface area contributed by atoms with Crippen molar-refractivity contribution in [2.24, 2.45) is 0 Å². The topological polar surface area (TPSA) is 15.3 Å². The Morgan fingerprint density at radius 2 is 1.30 bits per heavy atom. The van der Waals surface area contributed by atoms with Crippen molar-refractivity contribution in [2.45, 2.75) is 116 Å². The lowest BCUT2D eigenvalue weighted by Crippen LogP contribution is -2.73. The summed E-state index contributed by atoms with van der Waals surface area (Å²) in [6, 6.07) is 0.626. The van der Waals surface area contributed by atoms with E-state index in [1.165, 1.54) is 32.1 Å². The molecule has 0 saturated carbocycles. The Bertz CT molecular complexity index is 350. The van der Waals surface area contributed by atoms with Gasteiger partial charge in [0.05, 0.1) is 0 Å². The molecule has 0 spiro atoms. The molecule has 0 amide bonds. The van der Waals surface area contributed by atoms with Crippen molar-refractivity contribution in [2.75, 3.05) is 0 Å². The standard InChI is InChI=1S/C18H36N2/c1-15(2)13-10-14(18(7,8)19-15)20-16(3,4)11-9-12-17(20,5)6/h14,19H,9-13H2,1-8H3. The summed E-state index contributed by atoms with van der Waals surface area (Å²) in [5.41, 5.74) is 1.07. The zero-order valence-electron chi connectivity index (χ0n) is 15.1. The molecule has 2 saturated heterocycles. The molecule has 1 atom stereocenters. The number of rotatable bonds is 1. The third-order valence-corrected chi connectivity index (χ3v) is 5.73. The fourth-order valence-corrected chi connectivity index (χ4v) is 5.19. The first kappa shape index (κ1) is 16.3. The van der Waals surface area contributed by atoms with Crippen molar-refractivity contribution >= 4 is 0 Å². The van der Waals surface area contributed by atoms with E-state index in [0.717, 1.165) is 0 Å². The molecular weight excluding hydrogens is 244 g/mol. The van der Waals surface area contributed by atoms with Crippen molar-refractivity contribution in [3.63, 3.8) is 0 Å². The average molecular weight is 280 g/mol. The fourth-order valence-electron chi connectivity index (χ4n) is 5.19. The molecule has 2 heteroatoms. The Kier molecular flexibility index (Phi) is 3.84. The van der Waals surface area contributed by atoms with Crippen LogP contribution in [0, 0.1) is 0 Å². The van der Waals surface area contributed by atoms with E-state index in [1.54, 1.807) is 0 Å². The van der Waals surface area contributed by atoms with Crippen LogP contribution in [0.5, 0.6) is 0 Å². The summed E-state index contributed by atoms with van der Waals surface area (Å²) in [4.78, 5) is 2.85. The average Bonchev–Trinajstić information content (AvgIpc) is 2.17. The molecule has 0 aromatic carbocycles. The molecule has 0 aromatic heterocycles. The molecule has 1 unspecified atom stereocenters. The summed E-state index contributed by atoms with van der Waals surface area (Å²) in [6.45, 7) is 19.3. The number of likely N-dealkylation sites (tertiary alicyclic amines) is 1. The highest BCUT2D eigenvalue weighted by Crippen LogP contribution is 2.45. The summed E-state index contributed by atoms with van der Waals surface area (Å²) in [7, 11) is 0. The van der Waals surface area contributed by atoms with Gasteiger partial charge < -0.3 is 5.32 Å². The summed E-state index contributed by atoms with van der Waals surface area (Å²) >= 11 is 0. The highest BCUT2D eigenvalue weighted by Gasteiger charge is 2.51. The van der Waals surface area contributed by atoms with Crippen LogP contribution in [0.1, 0.15) is 87.5 Å². The number of hydrogen-bond acceptors (Lipinski definition) is 2. The minimum Gasteiger partial charge on any atom is -0.305 e. The summed E-state index contributed by atoms with van der Waals surface area (Å²) in [5, 5.41) is 3.91. The monoisotopic (exact) mass is 280 g/mol. The van der Waals surface area contributed by atoms with E-state index in [1.807, 2.05) is 0 Å². The van der Waals surface area contributed by atoms with E-state index in [4.69, 9.17) is 0 Å². The van der Waals surface area contributed by atoms with Gasteiger partial charge in [-0.2, -0.15) is 0 Å². The summed E-state index contributed by atoms with van der Waals surface area (Å²) in [6.07, 6.45) is 6.59. The Morgan fingerprint density at radius 1 is 0.800 bits per heavy atom. The van der Waals surface area contributed by atoms with Crippen molar-refractivity contribution in [1.82, 2.24) is 10.2 Å². The van der Waals surface area contributed by atoms with Crippen LogP contribution in [0.2, 0.25) is 0 Å². The van der Waals surface area contributed by atoms with Gasteiger partial charge in [-0.15, -0.1) is 0 Å². The second-order valence-corrected chi connectivity index (χ2v) is 9.63. The van der Waals surface area contributed by atoms with Crippen LogP contribution in [-0.2, 0) is 0 Å². The van der Waals surface area contributed by atoms with E-state index in [-0.39, 0.29) is 11.1 Å². The highest BCUT2D eigenvalue weighted by molar-refractivity contribution is 5.10. The van der Waals surface area contributed by atoms with Gasteiger partial charge in [-0.1, -0.05) is 0 Å². The minimum absolute atomic E-state index is 0.174. The van der Waals surface area contributed by atoms with Crippen LogP contribution in [0.4, 0.5) is 0 Å². The molecular formula is C18H36N2. The molecule has 2 heterocycles. The van der Waals surface area contributed by atoms with Crippen molar-refractivity contribution in [3.8, 4) is 0 Å². The van der Waals surface area contributed by atoms with Crippen LogP contribution in [-0.4, -0.2) is 33.1 Å². The van der Waals surface area contributed by atoms with Gasteiger partial charge >= 0.3 is 0 Å². The van der Waals surface area contributed by atoms with Crippen molar-refractivity contribution in [1.29, 1.82) is 0 Å². The fraction of sp³-hybridized carbons (Fsp3) is 1.00. The van der Waals surface area contributed by atoms with Crippen LogP contribution < -0.4 is 5.32 Å². The van der Waals surface area contributed by atoms with Crippen LogP contribution in [0.25, 0.3) is 0 Å². The largest absolute Gasteiger partial charge is 0.305 e. The lowest BCUT2D eigenvalue weighted by molar-refractivity contribution is -0.102. The Balaban J connectivity index is 2.33. The molecule has 0 aliphatic carbocycles. The lowest BCUT2D eigenvalue weighted by Gasteiger charge is -2.62. The maximum Gasteiger partial charge on any atom is 0.0285 e. The third-order valence-electron chi connectivity index (χ3n) is 5.73. The summed E-state index contributed by atoms with van der Waals surface area (Å²) in [5.74, 6) is 0. The van der Waals surface area contributed by atoms with E-state index in [0.29, 0.717) is 17.1 Å². The van der Waals surface area contributed by atoms with Gasteiger partial charge in [0.25, 0.3) is 0 Å². The SMILES string of the molecule is CC1(C)CCC(N2C(C)(C)CCCC2(C)C)C(C)(C)N1. The smallest absolute Gasteiger partial charge is 0.0285 e. The minimum atomic E-state index is 0.174. The molecule has 2 aliphatic heterocycles. The highest BCUT2D eigenvalue weighted by atomic mass is 15.3. The van der Waals surface area contributed by atoms with Crippen LogP contribution >= 0.6 is 0 Å². The van der Waals surface area contributed by atoms with E-state index < -0.39 is 0 Å². The maximum absolute atomic E-state index is 3.91. The Labute approximate surface area is 126 Å². The van der Waals surface area contributed by atoms with Crippen molar-refractivity contribution < 1.29 is 0 Å². The van der Waals surface area contributed by atoms with Crippen molar-refractivity contribution in [3.05, 3.63) is 0 Å². The summed E-state index contributed by atoms with van der Waals surface area (Å²) < 4.78 is 0. The number of hydrogen-bond donors (Lipinski definition) is 1. The predicted octanol–water partition coefficient (Wildman–Crippen LogP) is 4.34. The molecule has 0 aromatic rings. The quantitative estimate of drug-likeness (QED) is 0.768. The van der Waals surface area contributed by atoms with Crippen LogP contribution in [0.15, 0.2) is 0 Å². The van der Waals surface area contributed by atoms with Gasteiger partial charge in [0.15, 0.2) is 0 Å². The predicted molar refractivity (Wildman–Crippen MR) is 88.2 cm³/mol. The molecule has 2 fully saturated rings. The maximum atomic E-state index is 3.91. The zero-order chi connectivity index (χ0) is 15.4. The lowest BCUT2D eigenvalue weighted by atomic mass is 9.71. The molecule has 0 radical (unpaired) electrons. The normalized spacial score (nSPS) is 35.7. The second-order valence-electron chi connectivity index (χ2n) is 9.63. The molecule has 2 rings (SSSR count). The Hall–Kier alpha value is -0.0800. The first-order valence-corrected chi connectivity index (χ1v) is 8.46. The number of nitrogens with zero attached hydrogens (tertiary/aromatic N) is 1. The van der Waals surface area contributed by atoms with Gasteiger partial charge in [0.1, 0.15) is 0 Å². The van der Waals surface area contributed by atoms with Crippen LogP contribution in [0.3, 0.4) is 0 Å². The molecule has 0 bridgehead atoms. The third kappa shape index (κ3) is 2.92.